The molecule has 0 aromatic heterocycles. The molecule has 0 aliphatic carbocycles. The summed E-state index contributed by atoms with van der Waals surface area (Å²) in [5.74, 6) is -0.0989. The van der Waals surface area contributed by atoms with Crippen LogP contribution in [-0.4, -0.2) is 6.10 Å². The number of hydrogen-bond donors (Lipinski definition) is 0. The van der Waals surface area contributed by atoms with Crippen LogP contribution in [0.4, 0.5) is 8.78 Å². The molecule has 3 rings (SSSR count). The molecule has 2 atom stereocenters. The molecule has 2 unspecified atom stereocenters. The fourth-order valence-electron chi connectivity index (χ4n) is 2.66. The average Bonchev–Trinajstić information content (AvgIpc) is 2.81. The smallest absolute Gasteiger partial charge is 0.129 e. The topological polar surface area (TPSA) is 9.23 Å². The zero-order valence-electron chi connectivity index (χ0n) is 11.6. The van der Waals surface area contributed by atoms with Gasteiger partial charge in [-0.2, -0.15) is 0 Å². The molecule has 4 heteroatoms. The van der Waals surface area contributed by atoms with Gasteiger partial charge in [0.05, 0.1) is 0 Å². The van der Waals surface area contributed by atoms with Gasteiger partial charge in [-0.25, -0.2) is 8.78 Å². The summed E-state index contributed by atoms with van der Waals surface area (Å²) in [6.07, 6.45) is 1.33. The molecule has 0 fully saturated rings. The van der Waals surface area contributed by atoms with Crippen molar-refractivity contribution in [3.8, 4) is 5.75 Å². The molecule has 0 amide bonds. The summed E-state index contributed by atoms with van der Waals surface area (Å²) in [6, 6.07) is 9.88. The number of benzene rings is 2. The van der Waals surface area contributed by atoms with Gasteiger partial charge in [-0.3, -0.25) is 0 Å². The van der Waals surface area contributed by atoms with Gasteiger partial charge in [0.1, 0.15) is 23.5 Å². The lowest BCUT2D eigenvalue weighted by Crippen LogP contribution is -2.05. The molecule has 0 spiro atoms. The Hall–Kier alpha value is -1.42. The minimum Gasteiger partial charge on any atom is -0.490 e. The van der Waals surface area contributed by atoms with Crippen LogP contribution in [0.25, 0.3) is 0 Å². The number of hydrogen-bond acceptors (Lipinski definition) is 1. The second-order valence-corrected chi connectivity index (χ2v) is 6.48. The van der Waals surface area contributed by atoms with E-state index < -0.39 is 11.6 Å². The molecule has 0 radical (unpaired) electrons. The first-order valence-corrected chi connectivity index (χ1v) is 7.82. The van der Waals surface area contributed by atoms with Crippen LogP contribution in [-0.2, 0) is 12.8 Å². The third-order valence-electron chi connectivity index (χ3n) is 3.73. The van der Waals surface area contributed by atoms with E-state index in [0.29, 0.717) is 0 Å². The van der Waals surface area contributed by atoms with Crippen molar-refractivity contribution >= 4 is 15.9 Å². The molecule has 0 saturated carbocycles. The van der Waals surface area contributed by atoms with Crippen LogP contribution < -0.4 is 4.74 Å². The minimum atomic E-state index is -0.502. The Morgan fingerprint density at radius 1 is 1.24 bits per heavy atom. The molecule has 110 valence electrons. The van der Waals surface area contributed by atoms with Crippen molar-refractivity contribution in [3.05, 3.63) is 64.7 Å². The summed E-state index contributed by atoms with van der Waals surface area (Å²) in [6.45, 7) is 2.03. The maximum atomic E-state index is 13.7. The van der Waals surface area contributed by atoms with Crippen LogP contribution in [0.2, 0.25) is 0 Å². The first kappa shape index (κ1) is 14.5. The van der Waals surface area contributed by atoms with Crippen LogP contribution in [0.15, 0.2) is 36.4 Å². The van der Waals surface area contributed by atoms with Crippen molar-refractivity contribution < 1.29 is 13.5 Å². The van der Waals surface area contributed by atoms with Crippen LogP contribution in [0.3, 0.4) is 0 Å². The Bertz CT molecular complexity index is 652. The molecule has 21 heavy (non-hydrogen) atoms. The lowest BCUT2D eigenvalue weighted by Gasteiger charge is -2.13. The van der Waals surface area contributed by atoms with E-state index in [-0.39, 0.29) is 22.9 Å². The summed E-state index contributed by atoms with van der Waals surface area (Å²) in [5, 5.41) is 0. The second kappa shape index (κ2) is 5.76. The average molecular weight is 353 g/mol. The molecule has 1 aliphatic heterocycles. The lowest BCUT2D eigenvalue weighted by molar-refractivity contribution is 0.254. The third kappa shape index (κ3) is 2.95. The molecule has 0 bridgehead atoms. The highest BCUT2D eigenvalue weighted by Crippen LogP contribution is 2.35. The predicted molar refractivity (Wildman–Crippen MR) is 82.0 cm³/mol. The fourth-order valence-corrected chi connectivity index (χ4v) is 3.27. The van der Waals surface area contributed by atoms with Gasteiger partial charge in [-0.15, -0.1) is 0 Å². The number of fused-ring (bicyclic) bond motifs is 1. The quantitative estimate of drug-likeness (QED) is 0.708. The van der Waals surface area contributed by atoms with Gasteiger partial charge in [-0.05, 0) is 42.7 Å². The molecule has 2 aromatic rings. The highest BCUT2D eigenvalue weighted by Gasteiger charge is 2.21. The number of rotatable bonds is 3. The van der Waals surface area contributed by atoms with Gasteiger partial charge >= 0.3 is 0 Å². The fraction of sp³-hybridized carbons (Fsp3) is 0.294. The molecule has 0 N–H and O–H groups in total. The summed E-state index contributed by atoms with van der Waals surface area (Å²) in [7, 11) is 0. The van der Waals surface area contributed by atoms with Gasteiger partial charge in [0.15, 0.2) is 0 Å². The van der Waals surface area contributed by atoms with Crippen LogP contribution in [0.5, 0.6) is 5.75 Å². The zero-order chi connectivity index (χ0) is 15.0. The standard InChI is InChI=1S/C17H15BrF2O/c1-10-7-12-8-11(5-6-17(12)21-10)14(18)9-13-15(19)3-2-4-16(13)20/h2-6,8,10,14H,7,9H2,1H3. The Morgan fingerprint density at radius 2 is 1.95 bits per heavy atom. The monoisotopic (exact) mass is 352 g/mol. The molecule has 1 aliphatic rings. The SMILES string of the molecule is CC1Cc2cc(C(Br)Cc3c(F)cccc3F)ccc2O1. The van der Waals surface area contributed by atoms with Crippen molar-refractivity contribution in [1.29, 1.82) is 0 Å². The van der Waals surface area contributed by atoms with Gasteiger partial charge < -0.3 is 4.74 Å². The molecule has 1 nitrogen and oxygen atoms in total. The summed E-state index contributed by atoms with van der Waals surface area (Å²) >= 11 is 3.54. The first-order chi connectivity index (χ1) is 10.0. The van der Waals surface area contributed by atoms with E-state index in [1.165, 1.54) is 18.2 Å². The van der Waals surface area contributed by atoms with Crippen LogP contribution >= 0.6 is 15.9 Å². The first-order valence-electron chi connectivity index (χ1n) is 6.91. The van der Waals surface area contributed by atoms with Gasteiger partial charge in [0.25, 0.3) is 0 Å². The van der Waals surface area contributed by atoms with Crippen molar-refractivity contribution in [2.75, 3.05) is 0 Å². The lowest BCUT2D eigenvalue weighted by atomic mass is 10.0. The van der Waals surface area contributed by atoms with Crippen molar-refractivity contribution in [2.24, 2.45) is 0 Å². The Labute approximate surface area is 131 Å². The van der Waals surface area contributed by atoms with E-state index in [2.05, 4.69) is 22.0 Å². The summed E-state index contributed by atoms with van der Waals surface area (Å²) < 4.78 is 33.1. The maximum Gasteiger partial charge on any atom is 0.129 e. The predicted octanol–water partition coefficient (Wildman–Crippen LogP) is 4.97. The van der Waals surface area contributed by atoms with E-state index in [1.54, 1.807) is 0 Å². The van der Waals surface area contributed by atoms with Crippen LogP contribution in [0, 0.1) is 11.6 Å². The second-order valence-electron chi connectivity index (χ2n) is 5.37. The Balaban J connectivity index is 1.83. The highest BCUT2D eigenvalue weighted by molar-refractivity contribution is 9.09. The van der Waals surface area contributed by atoms with Crippen molar-refractivity contribution in [1.82, 2.24) is 0 Å². The van der Waals surface area contributed by atoms with Crippen molar-refractivity contribution in [2.45, 2.75) is 30.7 Å². The van der Waals surface area contributed by atoms with E-state index in [1.807, 2.05) is 19.1 Å². The highest BCUT2D eigenvalue weighted by atomic mass is 79.9. The third-order valence-corrected chi connectivity index (χ3v) is 4.58. The Kier molecular flexibility index (Phi) is 3.98. The van der Waals surface area contributed by atoms with Gasteiger partial charge in [-0.1, -0.05) is 34.1 Å². The molecule has 0 saturated heterocycles. The maximum absolute atomic E-state index is 13.7. The van der Waals surface area contributed by atoms with Gasteiger partial charge in [0, 0.05) is 16.8 Å². The molecule has 1 heterocycles. The van der Waals surface area contributed by atoms with E-state index in [4.69, 9.17) is 4.74 Å². The summed E-state index contributed by atoms with van der Waals surface area (Å²) in [5.41, 5.74) is 2.28. The largest absolute Gasteiger partial charge is 0.490 e. The molecule has 2 aromatic carbocycles. The number of alkyl halides is 1. The molecular formula is C17H15BrF2O. The van der Waals surface area contributed by atoms with E-state index >= 15 is 0 Å². The number of ether oxygens (including phenoxy) is 1. The normalized spacial score (nSPS) is 18.2. The van der Waals surface area contributed by atoms with E-state index in [9.17, 15) is 8.78 Å². The van der Waals surface area contributed by atoms with Gasteiger partial charge in [0.2, 0.25) is 0 Å². The Morgan fingerprint density at radius 3 is 2.67 bits per heavy atom. The molecular weight excluding hydrogens is 338 g/mol. The number of halogens is 3. The van der Waals surface area contributed by atoms with Crippen molar-refractivity contribution in [3.63, 3.8) is 0 Å². The zero-order valence-corrected chi connectivity index (χ0v) is 13.2. The minimum absolute atomic E-state index is 0.115. The summed E-state index contributed by atoms with van der Waals surface area (Å²) in [4.78, 5) is -0.134. The van der Waals surface area contributed by atoms with Crippen LogP contribution in [0.1, 0.15) is 28.4 Å². The van der Waals surface area contributed by atoms with E-state index in [0.717, 1.165) is 23.3 Å².